The lowest BCUT2D eigenvalue weighted by Crippen LogP contribution is -2.36. The molecular weight excluding hydrogens is 239 g/mol. The first-order valence-corrected chi connectivity index (χ1v) is 7.20. The van der Waals surface area contributed by atoms with Crippen molar-refractivity contribution in [1.82, 2.24) is 5.32 Å². The molecule has 0 radical (unpaired) electrons. The Bertz CT molecular complexity index is 220. The highest BCUT2D eigenvalue weighted by atomic mass is 19.4. The van der Waals surface area contributed by atoms with E-state index in [1.807, 2.05) is 0 Å². The summed E-state index contributed by atoms with van der Waals surface area (Å²) >= 11 is 0. The van der Waals surface area contributed by atoms with Crippen molar-refractivity contribution in [3.8, 4) is 0 Å². The minimum absolute atomic E-state index is 0.0363. The minimum atomic E-state index is -4.02. The van der Waals surface area contributed by atoms with Crippen molar-refractivity contribution in [2.45, 2.75) is 70.5 Å². The number of halogens is 3. The first kappa shape index (κ1) is 15.8. The van der Waals surface area contributed by atoms with Gasteiger partial charge in [-0.25, -0.2) is 0 Å². The molecule has 0 spiro atoms. The largest absolute Gasteiger partial charge is 0.389 e. The Hall–Kier alpha value is -0.250. The molecule has 0 aliphatic heterocycles. The Morgan fingerprint density at radius 1 is 1.17 bits per heavy atom. The van der Waals surface area contributed by atoms with Gasteiger partial charge in [-0.1, -0.05) is 32.6 Å². The molecule has 1 fully saturated rings. The van der Waals surface area contributed by atoms with Crippen molar-refractivity contribution in [2.24, 2.45) is 11.8 Å². The summed E-state index contributed by atoms with van der Waals surface area (Å²) < 4.78 is 36.8. The molecule has 1 N–H and O–H groups in total. The van der Waals surface area contributed by atoms with Crippen molar-refractivity contribution in [3.63, 3.8) is 0 Å². The standard InChI is InChI=1S/C14H26F3N/c1-3-4-11-5-7-12(8-6-11)13(18-2)9-10-14(15,16)17/h11-13,18H,3-10H2,1-2H3. The van der Waals surface area contributed by atoms with Gasteiger partial charge in [0.05, 0.1) is 0 Å². The van der Waals surface area contributed by atoms with E-state index in [9.17, 15) is 13.2 Å². The second-order valence-electron chi connectivity index (χ2n) is 5.62. The highest BCUT2D eigenvalue weighted by molar-refractivity contribution is 4.81. The number of hydrogen-bond acceptors (Lipinski definition) is 1. The van der Waals surface area contributed by atoms with Crippen molar-refractivity contribution in [1.29, 1.82) is 0 Å². The molecule has 0 aromatic heterocycles. The molecule has 108 valence electrons. The van der Waals surface area contributed by atoms with Crippen LogP contribution < -0.4 is 5.32 Å². The number of nitrogens with one attached hydrogen (secondary N) is 1. The molecule has 1 nitrogen and oxygen atoms in total. The average molecular weight is 265 g/mol. The van der Waals surface area contributed by atoms with Crippen LogP contribution in [-0.2, 0) is 0 Å². The minimum Gasteiger partial charge on any atom is -0.317 e. The summed E-state index contributed by atoms with van der Waals surface area (Å²) in [6, 6.07) is 0.0363. The highest BCUT2D eigenvalue weighted by Gasteiger charge is 2.32. The Kier molecular flexibility index (Phi) is 6.47. The molecule has 18 heavy (non-hydrogen) atoms. The van der Waals surface area contributed by atoms with E-state index in [0.717, 1.165) is 18.8 Å². The molecule has 0 saturated heterocycles. The molecule has 0 aromatic rings. The maximum absolute atomic E-state index is 12.3. The fourth-order valence-corrected chi connectivity index (χ4v) is 3.22. The maximum Gasteiger partial charge on any atom is 0.389 e. The average Bonchev–Trinajstić information content (AvgIpc) is 2.31. The van der Waals surface area contributed by atoms with Gasteiger partial charge in [0.15, 0.2) is 0 Å². The Labute approximate surface area is 109 Å². The molecule has 1 atom stereocenters. The third-order valence-electron chi connectivity index (χ3n) is 4.27. The fraction of sp³-hybridized carbons (Fsp3) is 1.00. The van der Waals surface area contributed by atoms with Crippen molar-refractivity contribution < 1.29 is 13.2 Å². The molecule has 0 bridgehead atoms. The van der Waals surface area contributed by atoms with E-state index in [4.69, 9.17) is 0 Å². The summed E-state index contributed by atoms with van der Waals surface area (Å²) in [5.41, 5.74) is 0. The van der Waals surface area contributed by atoms with Gasteiger partial charge >= 0.3 is 6.18 Å². The van der Waals surface area contributed by atoms with Gasteiger partial charge in [-0.05, 0) is 38.1 Å². The SMILES string of the molecule is CCCC1CCC(C(CCC(F)(F)F)NC)CC1. The van der Waals surface area contributed by atoms with Gasteiger partial charge in [-0.15, -0.1) is 0 Å². The van der Waals surface area contributed by atoms with Crippen LogP contribution >= 0.6 is 0 Å². The molecule has 1 rings (SSSR count). The Morgan fingerprint density at radius 2 is 1.78 bits per heavy atom. The second kappa shape index (κ2) is 7.37. The first-order chi connectivity index (χ1) is 8.46. The van der Waals surface area contributed by atoms with Gasteiger partial charge in [0.2, 0.25) is 0 Å². The Balaban J connectivity index is 2.34. The van der Waals surface area contributed by atoms with Crippen LogP contribution in [0.3, 0.4) is 0 Å². The quantitative estimate of drug-likeness (QED) is 0.744. The van der Waals surface area contributed by atoms with Crippen LogP contribution in [-0.4, -0.2) is 19.3 Å². The summed E-state index contributed by atoms with van der Waals surface area (Å²) in [7, 11) is 1.79. The van der Waals surface area contributed by atoms with Crippen LogP contribution in [0.25, 0.3) is 0 Å². The first-order valence-electron chi connectivity index (χ1n) is 7.20. The molecule has 1 aliphatic carbocycles. The van der Waals surface area contributed by atoms with E-state index >= 15 is 0 Å². The van der Waals surface area contributed by atoms with Gasteiger partial charge in [0.1, 0.15) is 0 Å². The van der Waals surface area contributed by atoms with Crippen molar-refractivity contribution in [3.05, 3.63) is 0 Å². The summed E-state index contributed by atoms with van der Waals surface area (Å²) in [5, 5.41) is 3.09. The van der Waals surface area contributed by atoms with Crippen LogP contribution in [0.15, 0.2) is 0 Å². The van der Waals surface area contributed by atoms with Crippen molar-refractivity contribution >= 4 is 0 Å². The smallest absolute Gasteiger partial charge is 0.317 e. The molecule has 1 saturated carbocycles. The van der Waals surface area contributed by atoms with Crippen LogP contribution in [0, 0.1) is 11.8 Å². The summed E-state index contributed by atoms with van der Waals surface area (Å²) in [6.45, 7) is 2.20. The predicted molar refractivity (Wildman–Crippen MR) is 68.5 cm³/mol. The van der Waals surface area contributed by atoms with E-state index in [1.54, 1.807) is 7.05 Å². The topological polar surface area (TPSA) is 12.0 Å². The van der Waals surface area contributed by atoms with E-state index in [1.165, 1.54) is 25.7 Å². The third kappa shape index (κ3) is 5.59. The van der Waals surface area contributed by atoms with Crippen LogP contribution in [0.2, 0.25) is 0 Å². The van der Waals surface area contributed by atoms with Gasteiger partial charge < -0.3 is 5.32 Å². The van der Waals surface area contributed by atoms with Gasteiger partial charge in [0, 0.05) is 12.5 Å². The summed E-state index contributed by atoms with van der Waals surface area (Å²) in [6.07, 6.45) is 2.62. The zero-order chi connectivity index (χ0) is 13.6. The van der Waals surface area contributed by atoms with Crippen LogP contribution in [0.4, 0.5) is 13.2 Å². The monoisotopic (exact) mass is 265 g/mol. The zero-order valence-corrected chi connectivity index (χ0v) is 11.5. The lowest BCUT2D eigenvalue weighted by molar-refractivity contribution is -0.137. The number of rotatable bonds is 6. The predicted octanol–water partition coefficient (Wildman–Crippen LogP) is 4.52. The van der Waals surface area contributed by atoms with Crippen molar-refractivity contribution in [2.75, 3.05) is 7.05 Å². The Morgan fingerprint density at radius 3 is 2.22 bits per heavy atom. The lowest BCUT2D eigenvalue weighted by Gasteiger charge is -2.34. The molecule has 1 unspecified atom stereocenters. The normalized spacial score (nSPS) is 27.2. The third-order valence-corrected chi connectivity index (χ3v) is 4.27. The van der Waals surface area contributed by atoms with E-state index in [2.05, 4.69) is 12.2 Å². The molecule has 0 heterocycles. The van der Waals surface area contributed by atoms with Gasteiger partial charge in [-0.3, -0.25) is 0 Å². The molecular formula is C14H26F3N. The van der Waals surface area contributed by atoms with E-state index in [0.29, 0.717) is 5.92 Å². The maximum atomic E-state index is 12.3. The molecule has 4 heteroatoms. The van der Waals surface area contributed by atoms with E-state index in [-0.39, 0.29) is 12.5 Å². The summed E-state index contributed by atoms with van der Waals surface area (Å²) in [4.78, 5) is 0. The molecule has 0 aromatic carbocycles. The van der Waals surface area contributed by atoms with Gasteiger partial charge in [-0.2, -0.15) is 13.2 Å². The lowest BCUT2D eigenvalue weighted by atomic mass is 9.76. The van der Waals surface area contributed by atoms with Crippen LogP contribution in [0.5, 0.6) is 0 Å². The van der Waals surface area contributed by atoms with Crippen LogP contribution in [0.1, 0.15) is 58.3 Å². The number of hydrogen-bond donors (Lipinski definition) is 1. The molecule has 0 amide bonds. The second-order valence-corrected chi connectivity index (χ2v) is 5.62. The van der Waals surface area contributed by atoms with Gasteiger partial charge in [0.25, 0.3) is 0 Å². The number of alkyl halides is 3. The zero-order valence-electron chi connectivity index (χ0n) is 11.5. The molecule has 1 aliphatic rings. The van der Waals surface area contributed by atoms with E-state index < -0.39 is 12.6 Å². The summed E-state index contributed by atoms with van der Waals surface area (Å²) in [5.74, 6) is 1.25. The highest BCUT2D eigenvalue weighted by Crippen LogP contribution is 2.35. The fourth-order valence-electron chi connectivity index (χ4n) is 3.22.